The van der Waals surface area contributed by atoms with Crippen LogP contribution in [0.5, 0.6) is 0 Å². The number of nitrogens with one attached hydrogen (secondary N) is 1. The first kappa shape index (κ1) is 18.9. The topological polar surface area (TPSA) is 78.4 Å². The Labute approximate surface area is 159 Å². The third-order valence-electron chi connectivity index (χ3n) is 4.41. The van der Waals surface area contributed by atoms with E-state index in [1.165, 1.54) is 4.31 Å². The van der Waals surface area contributed by atoms with Crippen LogP contribution < -0.4 is 10.2 Å². The maximum atomic E-state index is 12.9. The molecule has 1 aliphatic heterocycles. The molecule has 1 aromatic carbocycles. The van der Waals surface area contributed by atoms with Crippen LogP contribution in [0, 0.1) is 6.92 Å². The molecular formula is C17H22ClN5O2S. The van der Waals surface area contributed by atoms with Crippen LogP contribution in [-0.2, 0) is 10.0 Å². The van der Waals surface area contributed by atoms with Gasteiger partial charge in [0.1, 0.15) is 5.82 Å². The molecule has 0 unspecified atom stereocenters. The monoisotopic (exact) mass is 395 g/mol. The molecule has 1 N–H and O–H groups in total. The molecule has 2 heterocycles. The van der Waals surface area contributed by atoms with Crippen LogP contribution in [0.25, 0.3) is 0 Å². The molecule has 9 heteroatoms. The summed E-state index contributed by atoms with van der Waals surface area (Å²) in [6.07, 6.45) is 0. The van der Waals surface area contributed by atoms with Gasteiger partial charge >= 0.3 is 0 Å². The zero-order chi connectivity index (χ0) is 18.7. The summed E-state index contributed by atoms with van der Waals surface area (Å²) < 4.78 is 27.4. The molecule has 1 aromatic heterocycles. The molecule has 1 fully saturated rings. The number of hydrogen-bond donors (Lipinski definition) is 1. The van der Waals surface area contributed by atoms with Crippen molar-refractivity contribution in [2.45, 2.75) is 18.7 Å². The van der Waals surface area contributed by atoms with Crippen LogP contribution in [0.3, 0.4) is 0 Å². The zero-order valence-corrected chi connectivity index (χ0v) is 16.4. The Morgan fingerprint density at radius 2 is 1.85 bits per heavy atom. The average Bonchev–Trinajstić information content (AvgIpc) is 2.65. The van der Waals surface area contributed by atoms with Crippen molar-refractivity contribution >= 4 is 33.3 Å². The summed E-state index contributed by atoms with van der Waals surface area (Å²) in [5.41, 5.74) is 0.585. The number of piperazine rings is 1. The molecule has 3 rings (SSSR count). The van der Waals surface area contributed by atoms with E-state index in [1.807, 2.05) is 24.0 Å². The first-order valence-corrected chi connectivity index (χ1v) is 10.3. The van der Waals surface area contributed by atoms with Gasteiger partial charge in [0, 0.05) is 37.7 Å². The summed E-state index contributed by atoms with van der Waals surface area (Å²) >= 11 is 6.09. The number of benzene rings is 1. The van der Waals surface area contributed by atoms with Gasteiger partial charge in [-0.1, -0.05) is 17.7 Å². The largest absolute Gasteiger partial charge is 0.369 e. The van der Waals surface area contributed by atoms with Crippen molar-refractivity contribution in [1.82, 2.24) is 14.5 Å². The van der Waals surface area contributed by atoms with E-state index in [0.29, 0.717) is 36.8 Å². The molecule has 7 nitrogen and oxygen atoms in total. The van der Waals surface area contributed by atoms with Crippen molar-refractivity contribution < 1.29 is 8.42 Å². The second-order valence-electron chi connectivity index (χ2n) is 6.06. The number of nitrogens with zero attached hydrogens (tertiary/aromatic N) is 4. The van der Waals surface area contributed by atoms with Crippen LogP contribution in [-0.4, -0.2) is 55.6 Å². The SMILES string of the molecule is CCNc1ccc(N2CCN(S(=O)(=O)c3cccc(Cl)c3C)CC2)nn1. The summed E-state index contributed by atoms with van der Waals surface area (Å²) in [4.78, 5) is 2.31. The van der Waals surface area contributed by atoms with E-state index in [0.717, 1.165) is 18.2 Å². The maximum Gasteiger partial charge on any atom is 0.243 e. The standard InChI is InChI=1S/C17H22ClN5O2S/c1-3-19-16-7-8-17(21-20-16)22-9-11-23(12-10-22)26(24,25)15-6-4-5-14(18)13(15)2/h4-8H,3,9-12H2,1-2H3,(H,19,20). The Morgan fingerprint density at radius 1 is 1.12 bits per heavy atom. The smallest absolute Gasteiger partial charge is 0.243 e. The molecule has 0 amide bonds. The predicted molar refractivity (Wildman–Crippen MR) is 103 cm³/mol. The highest BCUT2D eigenvalue weighted by atomic mass is 35.5. The van der Waals surface area contributed by atoms with E-state index >= 15 is 0 Å². The number of aromatic nitrogens is 2. The van der Waals surface area contributed by atoms with Crippen LogP contribution in [0.4, 0.5) is 11.6 Å². The maximum absolute atomic E-state index is 12.9. The van der Waals surface area contributed by atoms with Crippen molar-refractivity contribution in [3.05, 3.63) is 40.9 Å². The first-order valence-electron chi connectivity index (χ1n) is 8.51. The fraction of sp³-hybridized carbons (Fsp3) is 0.412. The minimum Gasteiger partial charge on any atom is -0.369 e. The highest BCUT2D eigenvalue weighted by molar-refractivity contribution is 7.89. The van der Waals surface area contributed by atoms with E-state index in [9.17, 15) is 8.42 Å². The third-order valence-corrected chi connectivity index (χ3v) is 6.86. The summed E-state index contributed by atoms with van der Waals surface area (Å²) in [6, 6.07) is 8.75. The Balaban J connectivity index is 1.70. The molecule has 0 atom stereocenters. The molecule has 0 aliphatic carbocycles. The van der Waals surface area contributed by atoms with Crippen LogP contribution in [0.1, 0.15) is 12.5 Å². The number of hydrogen-bond acceptors (Lipinski definition) is 6. The van der Waals surface area contributed by atoms with Crippen molar-refractivity contribution in [2.75, 3.05) is 42.9 Å². The van der Waals surface area contributed by atoms with E-state index in [2.05, 4.69) is 15.5 Å². The average molecular weight is 396 g/mol. The highest BCUT2D eigenvalue weighted by Gasteiger charge is 2.30. The Bertz CT molecular complexity index is 865. The van der Waals surface area contributed by atoms with Gasteiger partial charge in [0.15, 0.2) is 5.82 Å². The zero-order valence-electron chi connectivity index (χ0n) is 14.8. The lowest BCUT2D eigenvalue weighted by Crippen LogP contribution is -2.49. The lowest BCUT2D eigenvalue weighted by molar-refractivity contribution is 0.383. The highest BCUT2D eigenvalue weighted by Crippen LogP contribution is 2.26. The van der Waals surface area contributed by atoms with Gasteiger partial charge in [-0.05, 0) is 43.7 Å². The van der Waals surface area contributed by atoms with E-state index in [4.69, 9.17) is 11.6 Å². The van der Waals surface area contributed by atoms with Gasteiger partial charge in [-0.2, -0.15) is 4.31 Å². The predicted octanol–water partition coefficient (Wildman–Crippen LogP) is 2.38. The van der Waals surface area contributed by atoms with Crippen molar-refractivity contribution in [2.24, 2.45) is 0 Å². The van der Waals surface area contributed by atoms with Crippen LogP contribution >= 0.6 is 11.6 Å². The molecular weight excluding hydrogens is 374 g/mol. The van der Waals surface area contributed by atoms with E-state index in [-0.39, 0.29) is 4.90 Å². The summed E-state index contributed by atoms with van der Waals surface area (Å²) in [5.74, 6) is 1.48. The number of sulfonamides is 1. The second kappa shape index (κ2) is 7.77. The summed E-state index contributed by atoms with van der Waals surface area (Å²) in [6.45, 7) is 6.43. The minimum absolute atomic E-state index is 0.272. The number of rotatable bonds is 5. The Kier molecular flexibility index (Phi) is 5.64. The van der Waals surface area contributed by atoms with Crippen molar-refractivity contribution in [1.29, 1.82) is 0 Å². The molecule has 0 bridgehead atoms. The molecule has 26 heavy (non-hydrogen) atoms. The van der Waals surface area contributed by atoms with Gasteiger partial charge in [-0.25, -0.2) is 8.42 Å². The van der Waals surface area contributed by atoms with Crippen molar-refractivity contribution in [3.8, 4) is 0 Å². The Morgan fingerprint density at radius 3 is 2.46 bits per heavy atom. The molecule has 1 aliphatic rings. The van der Waals surface area contributed by atoms with Gasteiger partial charge in [0.05, 0.1) is 4.90 Å². The second-order valence-corrected chi connectivity index (χ2v) is 8.37. The van der Waals surface area contributed by atoms with Gasteiger partial charge in [-0.3, -0.25) is 0 Å². The van der Waals surface area contributed by atoms with Gasteiger partial charge in [0.2, 0.25) is 10.0 Å². The molecule has 1 saturated heterocycles. The number of anilines is 2. The quantitative estimate of drug-likeness (QED) is 0.837. The lowest BCUT2D eigenvalue weighted by Gasteiger charge is -2.34. The van der Waals surface area contributed by atoms with Gasteiger partial charge in [-0.15, -0.1) is 10.2 Å². The van der Waals surface area contributed by atoms with Crippen LogP contribution in [0.15, 0.2) is 35.2 Å². The normalized spacial score (nSPS) is 15.9. The summed E-state index contributed by atoms with van der Waals surface area (Å²) in [7, 11) is -3.56. The summed E-state index contributed by atoms with van der Waals surface area (Å²) in [5, 5.41) is 11.9. The van der Waals surface area contributed by atoms with Gasteiger partial charge < -0.3 is 10.2 Å². The molecule has 140 valence electrons. The minimum atomic E-state index is -3.56. The Hall–Kier alpha value is -1.90. The molecule has 0 saturated carbocycles. The van der Waals surface area contributed by atoms with Gasteiger partial charge in [0.25, 0.3) is 0 Å². The lowest BCUT2D eigenvalue weighted by atomic mass is 10.2. The van der Waals surface area contributed by atoms with E-state index in [1.54, 1.807) is 25.1 Å². The molecule has 0 spiro atoms. The first-order chi connectivity index (χ1) is 12.4. The molecule has 2 aromatic rings. The van der Waals surface area contributed by atoms with Crippen LogP contribution in [0.2, 0.25) is 5.02 Å². The van der Waals surface area contributed by atoms with E-state index < -0.39 is 10.0 Å². The molecule has 0 radical (unpaired) electrons. The van der Waals surface area contributed by atoms with Crippen molar-refractivity contribution in [3.63, 3.8) is 0 Å². The fourth-order valence-corrected chi connectivity index (χ4v) is 4.83. The third kappa shape index (κ3) is 3.77. The number of halogens is 1. The fourth-order valence-electron chi connectivity index (χ4n) is 2.93.